The number of rotatable bonds is 4. The van der Waals surface area contributed by atoms with E-state index in [1.54, 1.807) is 5.38 Å². The summed E-state index contributed by atoms with van der Waals surface area (Å²) in [5.41, 5.74) is 0.758. The van der Waals surface area contributed by atoms with E-state index in [0.29, 0.717) is 13.1 Å². The van der Waals surface area contributed by atoms with Crippen LogP contribution in [0, 0.1) is 0 Å². The van der Waals surface area contributed by atoms with E-state index in [0.717, 1.165) is 43.2 Å². The zero-order chi connectivity index (χ0) is 12.1. The summed E-state index contributed by atoms with van der Waals surface area (Å²) in [6.45, 7) is 4.50. The van der Waals surface area contributed by atoms with E-state index in [9.17, 15) is 9.59 Å². The molecule has 1 aromatic rings. The van der Waals surface area contributed by atoms with Crippen molar-refractivity contribution in [2.24, 2.45) is 0 Å². The summed E-state index contributed by atoms with van der Waals surface area (Å²) in [5, 5.41) is 7.76. The van der Waals surface area contributed by atoms with Crippen LogP contribution in [0.3, 0.4) is 0 Å². The average molecular weight is 256 g/mol. The highest BCUT2D eigenvalue weighted by molar-refractivity contribution is 7.07. The number of thiazole rings is 1. The molecule has 1 aliphatic heterocycles. The van der Waals surface area contributed by atoms with Crippen LogP contribution < -0.4 is 15.5 Å². The third-order valence-electron chi connectivity index (χ3n) is 2.62. The topological polar surface area (TPSA) is 77.2 Å². The van der Waals surface area contributed by atoms with Crippen LogP contribution in [-0.2, 0) is 11.3 Å². The molecule has 0 aliphatic carbocycles. The van der Waals surface area contributed by atoms with Crippen molar-refractivity contribution in [1.82, 2.24) is 20.5 Å². The number of hydrogen-bond acceptors (Lipinski definition) is 5. The molecule has 1 saturated heterocycles. The van der Waals surface area contributed by atoms with Crippen molar-refractivity contribution in [3.05, 3.63) is 20.7 Å². The highest BCUT2D eigenvalue weighted by Gasteiger charge is 2.13. The molecule has 1 fully saturated rings. The zero-order valence-electron chi connectivity index (χ0n) is 9.49. The lowest BCUT2D eigenvalue weighted by atomic mass is 10.3. The molecule has 6 nitrogen and oxygen atoms in total. The minimum absolute atomic E-state index is 0.000973. The summed E-state index contributed by atoms with van der Waals surface area (Å²) in [6, 6.07) is 0. The number of nitrogens with one attached hydrogen (secondary N) is 3. The molecule has 3 N–H and O–H groups in total. The van der Waals surface area contributed by atoms with E-state index < -0.39 is 0 Å². The molecule has 0 saturated carbocycles. The molecule has 1 aliphatic rings. The second-order valence-corrected chi connectivity index (χ2v) is 4.82. The van der Waals surface area contributed by atoms with Gasteiger partial charge in [0.15, 0.2) is 0 Å². The number of hydrogen-bond donors (Lipinski definition) is 3. The van der Waals surface area contributed by atoms with Gasteiger partial charge in [-0.15, -0.1) is 0 Å². The molecule has 0 atom stereocenters. The lowest BCUT2D eigenvalue weighted by molar-refractivity contribution is -0.122. The smallest absolute Gasteiger partial charge is 0.304 e. The Balaban J connectivity index is 1.71. The third-order valence-corrected chi connectivity index (χ3v) is 3.34. The van der Waals surface area contributed by atoms with Crippen LogP contribution in [0.4, 0.5) is 0 Å². The summed E-state index contributed by atoms with van der Waals surface area (Å²) in [5.74, 6) is -0.000973. The predicted molar refractivity (Wildman–Crippen MR) is 66.1 cm³/mol. The van der Waals surface area contributed by atoms with E-state index in [-0.39, 0.29) is 10.8 Å². The summed E-state index contributed by atoms with van der Waals surface area (Å²) in [6.07, 6.45) is 0. The Bertz CT molecular complexity index is 422. The number of carbonyl (C=O) groups excluding carboxylic acids is 1. The number of aromatic amines is 1. The monoisotopic (exact) mass is 256 g/mol. The van der Waals surface area contributed by atoms with E-state index in [4.69, 9.17) is 0 Å². The molecule has 1 aromatic heterocycles. The first-order valence-electron chi connectivity index (χ1n) is 5.60. The van der Waals surface area contributed by atoms with Crippen LogP contribution in [0.1, 0.15) is 5.69 Å². The molecule has 1 amide bonds. The van der Waals surface area contributed by atoms with Gasteiger partial charge in [0.2, 0.25) is 5.91 Å². The Hall–Kier alpha value is -1.18. The lowest BCUT2D eigenvalue weighted by Gasteiger charge is -2.26. The molecule has 2 rings (SSSR count). The summed E-state index contributed by atoms with van der Waals surface area (Å²) in [4.78, 5) is 27.2. The van der Waals surface area contributed by atoms with Gasteiger partial charge in [0, 0.05) is 37.3 Å². The molecular formula is C10H16N4O2S. The molecule has 0 aromatic carbocycles. The molecule has 7 heteroatoms. The zero-order valence-corrected chi connectivity index (χ0v) is 10.3. The van der Waals surface area contributed by atoms with Gasteiger partial charge in [-0.25, -0.2) is 0 Å². The number of piperazine rings is 1. The van der Waals surface area contributed by atoms with Gasteiger partial charge in [0.05, 0.1) is 13.1 Å². The van der Waals surface area contributed by atoms with Gasteiger partial charge in [-0.1, -0.05) is 11.3 Å². The Labute approximate surface area is 103 Å². The van der Waals surface area contributed by atoms with Crippen LogP contribution in [0.5, 0.6) is 0 Å². The maximum Gasteiger partial charge on any atom is 0.304 e. The first-order valence-corrected chi connectivity index (χ1v) is 6.48. The van der Waals surface area contributed by atoms with Gasteiger partial charge in [0.25, 0.3) is 0 Å². The summed E-state index contributed by atoms with van der Waals surface area (Å²) in [7, 11) is 0. The summed E-state index contributed by atoms with van der Waals surface area (Å²) < 4.78 is 0. The SMILES string of the molecule is O=C(CN1CCNCC1)NCc1csc(=O)[nH]1. The Morgan fingerprint density at radius 2 is 2.24 bits per heavy atom. The molecule has 0 radical (unpaired) electrons. The van der Waals surface area contributed by atoms with Gasteiger partial charge in [0.1, 0.15) is 0 Å². The van der Waals surface area contributed by atoms with E-state index in [2.05, 4.69) is 20.5 Å². The van der Waals surface area contributed by atoms with Crippen LogP contribution in [0.2, 0.25) is 0 Å². The highest BCUT2D eigenvalue weighted by atomic mass is 32.1. The van der Waals surface area contributed by atoms with Gasteiger partial charge >= 0.3 is 4.87 Å². The van der Waals surface area contributed by atoms with Crippen molar-refractivity contribution in [2.45, 2.75) is 6.54 Å². The van der Waals surface area contributed by atoms with Crippen LogP contribution in [-0.4, -0.2) is 48.5 Å². The fraction of sp³-hybridized carbons (Fsp3) is 0.600. The maximum atomic E-state index is 11.6. The van der Waals surface area contributed by atoms with E-state index >= 15 is 0 Å². The Morgan fingerprint density at radius 3 is 2.88 bits per heavy atom. The maximum absolute atomic E-state index is 11.6. The second-order valence-electron chi connectivity index (χ2n) is 3.98. The largest absolute Gasteiger partial charge is 0.349 e. The van der Waals surface area contributed by atoms with Gasteiger partial charge < -0.3 is 15.6 Å². The minimum atomic E-state index is -0.0867. The Kier molecular flexibility index (Phi) is 4.29. The van der Waals surface area contributed by atoms with Crippen molar-refractivity contribution >= 4 is 17.2 Å². The number of H-pyrrole nitrogens is 1. The van der Waals surface area contributed by atoms with Crippen molar-refractivity contribution in [2.75, 3.05) is 32.7 Å². The first kappa shape index (κ1) is 12.3. The lowest BCUT2D eigenvalue weighted by Crippen LogP contribution is -2.47. The molecule has 0 spiro atoms. The molecular weight excluding hydrogens is 240 g/mol. The predicted octanol–water partition coefficient (Wildman–Crippen LogP) is -1.04. The molecule has 0 unspecified atom stereocenters. The third kappa shape index (κ3) is 3.95. The van der Waals surface area contributed by atoms with Crippen molar-refractivity contribution < 1.29 is 4.79 Å². The fourth-order valence-electron chi connectivity index (χ4n) is 1.72. The van der Waals surface area contributed by atoms with Crippen LogP contribution >= 0.6 is 11.3 Å². The normalized spacial score (nSPS) is 16.9. The van der Waals surface area contributed by atoms with Crippen LogP contribution in [0.15, 0.2) is 10.2 Å². The van der Waals surface area contributed by atoms with Crippen molar-refractivity contribution in [3.8, 4) is 0 Å². The van der Waals surface area contributed by atoms with Crippen molar-refractivity contribution in [3.63, 3.8) is 0 Å². The molecule has 0 bridgehead atoms. The number of nitrogens with zero attached hydrogens (tertiary/aromatic N) is 1. The van der Waals surface area contributed by atoms with Crippen LogP contribution in [0.25, 0.3) is 0 Å². The quantitative estimate of drug-likeness (QED) is 0.643. The minimum Gasteiger partial charge on any atom is -0.349 e. The average Bonchev–Trinajstić information content (AvgIpc) is 2.74. The van der Waals surface area contributed by atoms with E-state index in [1.165, 1.54) is 0 Å². The molecule has 2 heterocycles. The fourth-order valence-corrected chi connectivity index (χ4v) is 2.30. The van der Waals surface area contributed by atoms with Gasteiger partial charge in [-0.2, -0.15) is 0 Å². The van der Waals surface area contributed by atoms with Crippen molar-refractivity contribution in [1.29, 1.82) is 0 Å². The number of amides is 1. The van der Waals surface area contributed by atoms with E-state index in [1.807, 2.05) is 0 Å². The first-order chi connectivity index (χ1) is 8.24. The van der Waals surface area contributed by atoms with Gasteiger partial charge in [-0.05, 0) is 0 Å². The number of aromatic nitrogens is 1. The Morgan fingerprint density at radius 1 is 1.47 bits per heavy atom. The second kappa shape index (κ2) is 5.95. The molecule has 17 heavy (non-hydrogen) atoms. The highest BCUT2D eigenvalue weighted by Crippen LogP contribution is 1.95. The standard InChI is InChI=1S/C10H16N4O2S/c15-9(6-14-3-1-11-2-4-14)12-5-8-7-17-10(16)13-8/h7,11H,1-6H2,(H,12,15)(H,13,16). The number of carbonyl (C=O) groups is 1. The summed E-state index contributed by atoms with van der Waals surface area (Å²) >= 11 is 1.11. The van der Waals surface area contributed by atoms with Gasteiger partial charge in [-0.3, -0.25) is 14.5 Å². The molecule has 94 valence electrons.